The number of carbonyl (C=O) groups is 3. The van der Waals surface area contributed by atoms with Crippen LogP contribution in [0.15, 0.2) is 65.8 Å². The molecule has 4 aromatic rings. The molecule has 5 aliphatic rings. The highest BCUT2D eigenvalue weighted by Gasteiger charge is 2.66. The molecule has 0 radical (unpaired) electrons. The number of para-hydroxylation sites is 1. The van der Waals surface area contributed by atoms with E-state index in [1.807, 2.05) is 60.4 Å². The van der Waals surface area contributed by atoms with E-state index in [-0.39, 0.29) is 45.5 Å². The lowest BCUT2D eigenvalue weighted by atomic mass is 9.39. The summed E-state index contributed by atoms with van der Waals surface area (Å²) in [5.41, 5.74) is 16.7. The second-order valence-electron chi connectivity index (χ2n) is 19.7. The summed E-state index contributed by atoms with van der Waals surface area (Å²) in [7, 11) is 0. The highest BCUT2D eigenvalue weighted by molar-refractivity contribution is 7.22. The van der Waals surface area contributed by atoms with Crippen LogP contribution in [0.5, 0.6) is 0 Å². The Morgan fingerprint density at radius 3 is 2.45 bits per heavy atom. The van der Waals surface area contributed by atoms with Gasteiger partial charge in [-0.25, -0.2) is 14.8 Å². The number of carboxylic acids is 1. The van der Waals surface area contributed by atoms with E-state index < -0.39 is 12.0 Å². The van der Waals surface area contributed by atoms with Crippen molar-refractivity contribution in [1.29, 1.82) is 0 Å². The van der Waals surface area contributed by atoms with Gasteiger partial charge in [-0.1, -0.05) is 49.4 Å². The number of fused-ring (bicyclic) bond motifs is 2. The molecule has 4 aliphatic carbocycles. The van der Waals surface area contributed by atoms with Gasteiger partial charge in [0.15, 0.2) is 10.8 Å². The molecule has 14 nitrogen and oxygen atoms in total. The number of pyridine rings is 1. The summed E-state index contributed by atoms with van der Waals surface area (Å²) in [6.07, 6.45) is 9.07. The molecule has 9 rings (SSSR count). The number of amides is 1. The first kappa shape index (κ1) is 45.4. The highest BCUT2D eigenvalue weighted by Crippen LogP contribution is 2.71. The molecule has 4 atom stereocenters. The van der Waals surface area contributed by atoms with Gasteiger partial charge in [0.1, 0.15) is 11.9 Å². The molecule has 1 aliphatic heterocycles. The van der Waals surface area contributed by atoms with Crippen LogP contribution in [0.3, 0.4) is 0 Å². The van der Waals surface area contributed by atoms with Gasteiger partial charge < -0.3 is 36.3 Å². The largest absolute Gasteiger partial charge is 0.476 e. The fourth-order valence-corrected chi connectivity index (χ4v) is 13.0. The van der Waals surface area contributed by atoms with E-state index >= 15 is 0 Å². The van der Waals surface area contributed by atoms with Gasteiger partial charge in [-0.2, -0.15) is 0 Å². The van der Waals surface area contributed by atoms with Crippen LogP contribution in [0.2, 0.25) is 0 Å². The lowest BCUT2D eigenvalue weighted by molar-refractivity contribution is -0.241. The van der Waals surface area contributed by atoms with Crippen molar-refractivity contribution in [3.05, 3.63) is 88.7 Å². The van der Waals surface area contributed by atoms with Crippen LogP contribution in [-0.2, 0) is 27.2 Å². The van der Waals surface area contributed by atoms with Crippen LogP contribution in [0, 0.1) is 16.2 Å². The summed E-state index contributed by atoms with van der Waals surface area (Å²) in [4.78, 5) is 54.9. The number of nitrogens with two attached hydrogens (primary N) is 2. The van der Waals surface area contributed by atoms with Crippen LogP contribution in [-0.4, -0.2) is 89.2 Å². The van der Waals surface area contributed by atoms with Gasteiger partial charge in [0.25, 0.3) is 5.91 Å². The predicted octanol–water partition coefficient (Wildman–Crippen LogP) is 7.36. The van der Waals surface area contributed by atoms with Crippen molar-refractivity contribution in [2.75, 3.05) is 43.1 Å². The Morgan fingerprint density at radius 1 is 0.969 bits per heavy atom. The van der Waals surface area contributed by atoms with Crippen LogP contribution < -0.4 is 27.0 Å². The number of aliphatic imine (C=N–C) groups is 1. The Kier molecular flexibility index (Phi) is 12.7. The van der Waals surface area contributed by atoms with Gasteiger partial charge in [0.05, 0.1) is 29.0 Å². The van der Waals surface area contributed by atoms with E-state index in [1.165, 1.54) is 24.0 Å². The lowest BCUT2D eigenvalue weighted by Crippen LogP contribution is -2.64. The van der Waals surface area contributed by atoms with Gasteiger partial charge in [-0.3, -0.25) is 19.9 Å². The topological polar surface area (TPSA) is 207 Å². The molecule has 0 saturated heterocycles. The molecule has 4 saturated carbocycles. The number of hydrogen-bond donors (Lipinski definition) is 5. The molecular formula is C49H62N8O6S. The highest BCUT2D eigenvalue weighted by atomic mass is 32.1. The minimum Gasteiger partial charge on any atom is -0.476 e. The molecule has 15 heteroatoms. The second-order valence-corrected chi connectivity index (χ2v) is 20.8. The number of nitrogens with zero attached hydrogens (tertiary/aromatic N) is 4. The maximum absolute atomic E-state index is 13.7. The van der Waals surface area contributed by atoms with Gasteiger partial charge in [-0.05, 0) is 130 Å². The van der Waals surface area contributed by atoms with Crippen molar-refractivity contribution in [2.45, 2.75) is 110 Å². The summed E-state index contributed by atoms with van der Waals surface area (Å²) < 4.78 is 13.1. The van der Waals surface area contributed by atoms with Gasteiger partial charge in [-0.15, -0.1) is 0 Å². The fourth-order valence-electron chi connectivity index (χ4n) is 12.2. The zero-order valence-electron chi connectivity index (χ0n) is 37.7. The first-order valence-corrected chi connectivity index (χ1v) is 23.3. The molecule has 2 aromatic carbocycles. The Hall–Kier alpha value is -5.22. The van der Waals surface area contributed by atoms with E-state index in [1.54, 1.807) is 13.0 Å². The predicted molar refractivity (Wildman–Crippen MR) is 252 cm³/mol. The third-order valence-corrected chi connectivity index (χ3v) is 14.7. The van der Waals surface area contributed by atoms with Crippen LogP contribution in [0.4, 0.5) is 10.9 Å². The van der Waals surface area contributed by atoms with Crippen molar-refractivity contribution in [3.8, 4) is 0 Å². The molecular weight excluding hydrogens is 829 g/mol. The minimum absolute atomic E-state index is 0.0591. The summed E-state index contributed by atoms with van der Waals surface area (Å²) >= 11 is 1.43. The number of carbonyl (C=O) groups excluding carboxylic acids is 2. The standard InChI is InChI=1S/C49H62N8O6S/c1-30(16-19-62-44(61)31(2)51)52-17-20-63-49-26-46(4)23-47(5,27-49)25-48(24-46,28-49)29-53-32(3)36(21-50)34-13-14-40(55-41(34)43(59)60)57-18-15-33-9-8-10-35(37(33)22-57)42(58)56-45-54-38-11-6-7-12-39(38)64-45/h6-14,21,30-31,52H,15-20,22-29,50-51H2,1-5H3,(H,59,60)(H,54,56,58). The summed E-state index contributed by atoms with van der Waals surface area (Å²) in [5.74, 6) is -1.28. The van der Waals surface area contributed by atoms with Crippen LogP contribution in [0.1, 0.15) is 117 Å². The van der Waals surface area contributed by atoms with E-state index in [0.717, 1.165) is 53.4 Å². The summed E-state index contributed by atoms with van der Waals surface area (Å²) in [5, 5.41) is 17.6. The van der Waals surface area contributed by atoms with E-state index in [0.29, 0.717) is 85.6 Å². The quantitative estimate of drug-likeness (QED) is 0.0401. The number of anilines is 2. The van der Waals surface area contributed by atoms with Gasteiger partial charge in [0.2, 0.25) is 0 Å². The Balaban J connectivity index is 0.945. The average molecular weight is 891 g/mol. The zero-order chi connectivity index (χ0) is 45.4. The van der Waals surface area contributed by atoms with Crippen molar-refractivity contribution in [3.63, 3.8) is 0 Å². The molecule has 3 heterocycles. The number of ether oxygens (including phenoxy) is 2. The normalized spacial score (nSPS) is 26.1. The van der Waals surface area contributed by atoms with Crippen molar-refractivity contribution < 1.29 is 29.0 Å². The van der Waals surface area contributed by atoms with Crippen LogP contribution >= 0.6 is 11.3 Å². The van der Waals surface area contributed by atoms with Crippen molar-refractivity contribution in [2.24, 2.45) is 32.7 Å². The molecule has 64 heavy (non-hydrogen) atoms. The van der Waals surface area contributed by atoms with E-state index in [2.05, 4.69) is 36.4 Å². The zero-order valence-corrected chi connectivity index (χ0v) is 38.5. The number of carboxylic acid groups (broad SMARTS) is 1. The number of nitrogens with one attached hydrogen (secondary N) is 2. The summed E-state index contributed by atoms with van der Waals surface area (Å²) in [6, 6.07) is 16.7. The monoisotopic (exact) mass is 890 g/mol. The Labute approximate surface area is 379 Å². The number of aromatic carboxylic acids is 1. The minimum atomic E-state index is -1.16. The number of rotatable bonds is 17. The maximum Gasteiger partial charge on any atom is 0.355 e. The van der Waals surface area contributed by atoms with E-state index in [4.69, 9.17) is 30.9 Å². The molecule has 0 spiro atoms. The third-order valence-electron chi connectivity index (χ3n) is 13.8. The Morgan fingerprint density at radius 2 is 1.73 bits per heavy atom. The van der Waals surface area contributed by atoms with Gasteiger partial charge >= 0.3 is 11.9 Å². The van der Waals surface area contributed by atoms with Crippen molar-refractivity contribution >= 4 is 61.6 Å². The molecule has 2 aromatic heterocycles. The van der Waals surface area contributed by atoms with E-state index in [9.17, 15) is 19.5 Å². The number of thiazole rings is 1. The van der Waals surface area contributed by atoms with Crippen molar-refractivity contribution in [1.82, 2.24) is 15.3 Å². The summed E-state index contributed by atoms with van der Waals surface area (Å²) in [6.45, 7) is 13.6. The average Bonchev–Trinajstić information content (AvgIpc) is 3.65. The molecule has 4 unspecified atom stereocenters. The molecule has 4 bridgehead atoms. The number of esters is 1. The second kappa shape index (κ2) is 18.0. The SMILES string of the molecule is CC(=NCC12CC3(C)CC(C)(C1)CC(OCCNC(C)CCOC(=O)C(C)N)(C3)C2)C(=CN)c1ccc(N2CCc3cccc(C(=O)Nc4nc5ccccc5s4)c3C2)nc1C(=O)O. The number of hydrogen-bond acceptors (Lipinski definition) is 13. The first-order valence-electron chi connectivity index (χ1n) is 22.5. The molecule has 4 fully saturated rings. The third kappa shape index (κ3) is 9.58. The molecule has 1 amide bonds. The number of aromatic nitrogens is 2. The smallest absolute Gasteiger partial charge is 0.355 e. The van der Waals surface area contributed by atoms with Gasteiger partial charge in [0, 0.05) is 60.8 Å². The molecule has 340 valence electrons. The first-order chi connectivity index (χ1) is 30.5. The Bertz CT molecular complexity index is 2450. The number of benzene rings is 2. The maximum atomic E-state index is 13.7. The van der Waals surface area contributed by atoms with Crippen LogP contribution in [0.25, 0.3) is 15.8 Å². The fraction of sp³-hybridized carbons (Fsp3) is 0.510. The lowest BCUT2D eigenvalue weighted by Gasteiger charge is -2.69. The molecule has 7 N–H and O–H groups in total. The number of allylic oxidation sites excluding steroid dienone is 1.